The number of aliphatic hydroxyl groups excluding tert-OH is 2. The number of ketones is 1. The lowest BCUT2D eigenvalue weighted by Gasteiger charge is -2.49. The van der Waals surface area contributed by atoms with Gasteiger partial charge >= 0.3 is 5.97 Å². The van der Waals surface area contributed by atoms with E-state index in [1.165, 1.54) is 37.1 Å². The standard InChI is InChI=1S/C16H16N2O8S/c1-7(20)26-16(24)11-8(5-19)6-27-15-10(14(23)18(11)15)17-13(22)12(21)9-3-2-4-25-9/h2-4,7,10,15,19-20H,5-6H2,1H3,(H,17,22)/t7?,10-,15-/m1/s1. The van der Waals surface area contributed by atoms with Crippen molar-refractivity contribution >= 4 is 35.3 Å². The summed E-state index contributed by atoms with van der Waals surface area (Å²) in [6, 6.07) is 1.76. The summed E-state index contributed by atoms with van der Waals surface area (Å²) in [5.74, 6) is -3.45. The van der Waals surface area contributed by atoms with Crippen LogP contribution in [-0.2, 0) is 19.1 Å². The van der Waals surface area contributed by atoms with Crippen LogP contribution in [-0.4, -0.2) is 68.7 Å². The molecule has 0 aromatic carbocycles. The molecule has 3 atom stereocenters. The smallest absolute Gasteiger partial charge is 0.357 e. The number of carbonyl (C=O) groups is 4. The van der Waals surface area contributed by atoms with Gasteiger partial charge in [-0.3, -0.25) is 19.3 Å². The number of β-lactam (4-membered cyclic amide) rings is 1. The fraction of sp³-hybridized carbons (Fsp3) is 0.375. The summed E-state index contributed by atoms with van der Waals surface area (Å²) in [7, 11) is 0. The SMILES string of the molecule is CC(O)OC(=O)C1=C(CO)CS[C@@H]2[C@H](NC(=O)C(=O)c3ccco3)C(=O)N12. The van der Waals surface area contributed by atoms with Gasteiger partial charge in [0.25, 0.3) is 17.6 Å². The van der Waals surface area contributed by atoms with E-state index in [-0.39, 0.29) is 22.8 Å². The lowest BCUT2D eigenvalue weighted by Crippen LogP contribution is -2.71. The highest BCUT2D eigenvalue weighted by molar-refractivity contribution is 8.00. The van der Waals surface area contributed by atoms with Gasteiger partial charge in [0.15, 0.2) is 12.1 Å². The van der Waals surface area contributed by atoms with Crippen LogP contribution in [0.5, 0.6) is 0 Å². The molecule has 10 nitrogen and oxygen atoms in total. The van der Waals surface area contributed by atoms with Crippen molar-refractivity contribution in [2.75, 3.05) is 12.4 Å². The number of esters is 1. The van der Waals surface area contributed by atoms with Crippen molar-refractivity contribution < 1.29 is 38.5 Å². The van der Waals surface area contributed by atoms with Crippen LogP contribution in [0.1, 0.15) is 17.5 Å². The third-order valence-corrected chi connectivity index (χ3v) is 5.29. The van der Waals surface area contributed by atoms with E-state index < -0.39 is 47.9 Å². The number of rotatable bonds is 6. The Morgan fingerprint density at radius 1 is 1.48 bits per heavy atom. The number of ether oxygens (including phenoxy) is 1. The number of amides is 2. The molecule has 2 amide bonds. The van der Waals surface area contributed by atoms with Crippen LogP contribution in [0.25, 0.3) is 0 Å². The first-order valence-corrected chi connectivity index (χ1v) is 8.95. The number of nitrogens with zero attached hydrogens (tertiary/aromatic N) is 1. The number of thioether (sulfide) groups is 1. The van der Waals surface area contributed by atoms with E-state index in [1.807, 2.05) is 0 Å². The molecule has 0 bridgehead atoms. The largest absolute Gasteiger partial charge is 0.461 e. The Morgan fingerprint density at radius 2 is 2.22 bits per heavy atom. The summed E-state index contributed by atoms with van der Waals surface area (Å²) in [4.78, 5) is 49.8. The number of hydrogen-bond acceptors (Lipinski definition) is 9. The maximum Gasteiger partial charge on any atom is 0.357 e. The molecule has 0 aliphatic carbocycles. The van der Waals surface area contributed by atoms with Crippen LogP contribution in [0.15, 0.2) is 34.1 Å². The Hall–Kier alpha value is -2.63. The zero-order valence-electron chi connectivity index (χ0n) is 14.1. The van der Waals surface area contributed by atoms with E-state index >= 15 is 0 Å². The average molecular weight is 396 g/mol. The van der Waals surface area contributed by atoms with E-state index in [0.29, 0.717) is 0 Å². The van der Waals surface area contributed by atoms with E-state index in [1.54, 1.807) is 0 Å². The van der Waals surface area contributed by atoms with Gasteiger partial charge in [0.2, 0.25) is 0 Å². The molecule has 27 heavy (non-hydrogen) atoms. The maximum absolute atomic E-state index is 12.5. The Kier molecular flexibility index (Phi) is 5.35. The first-order chi connectivity index (χ1) is 12.8. The van der Waals surface area contributed by atoms with Gasteiger partial charge in [-0.05, 0) is 24.6 Å². The first kappa shape index (κ1) is 19.1. The monoisotopic (exact) mass is 396 g/mol. The minimum absolute atomic E-state index is 0.156. The minimum atomic E-state index is -1.39. The van der Waals surface area contributed by atoms with Gasteiger partial charge in [-0.1, -0.05) is 0 Å². The second kappa shape index (κ2) is 7.55. The third-order valence-electron chi connectivity index (χ3n) is 3.95. The van der Waals surface area contributed by atoms with Crippen LogP contribution in [0.2, 0.25) is 0 Å². The maximum atomic E-state index is 12.5. The van der Waals surface area contributed by atoms with Gasteiger partial charge in [-0.25, -0.2) is 4.79 Å². The molecule has 3 heterocycles. The van der Waals surface area contributed by atoms with Crippen LogP contribution >= 0.6 is 11.8 Å². The minimum Gasteiger partial charge on any atom is -0.461 e. The van der Waals surface area contributed by atoms with Crippen LogP contribution in [0.4, 0.5) is 0 Å². The van der Waals surface area contributed by atoms with Gasteiger partial charge in [-0.15, -0.1) is 11.8 Å². The van der Waals surface area contributed by atoms with Crippen molar-refractivity contribution in [3.63, 3.8) is 0 Å². The zero-order chi connectivity index (χ0) is 19.7. The summed E-state index contributed by atoms with van der Waals surface area (Å²) in [6.45, 7) is 0.759. The van der Waals surface area contributed by atoms with Crippen molar-refractivity contribution in [1.29, 1.82) is 0 Å². The number of fused-ring (bicyclic) bond motifs is 1. The number of aliphatic hydroxyl groups is 2. The van der Waals surface area contributed by atoms with E-state index in [0.717, 1.165) is 4.90 Å². The normalized spacial score (nSPS) is 22.6. The zero-order valence-corrected chi connectivity index (χ0v) is 14.9. The Balaban J connectivity index is 1.75. The quantitative estimate of drug-likeness (QED) is 0.181. The molecule has 144 valence electrons. The van der Waals surface area contributed by atoms with Crippen molar-refractivity contribution in [3.05, 3.63) is 35.4 Å². The molecule has 3 N–H and O–H groups in total. The summed E-state index contributed by atoms with van der Waals surface area (Å²) in [5.41, 5.74) is 0.113. The van der Waals surface area contributed by atoms with Gasteiger partial charge in [0.05, 0.1) is 12.9 Å². The fourth-order valence-electron chi connectivity index (χ4n) is 2.73. The van der Waals surface area contributed by atoms with Crippen molar-refractivity contribution in [2.45, 2.75) is 24.6 Å². The highest BCUT2D eigenvalue weighted by Gasteiger charge is 2.54. The second-order valence-corrected chi connectivity index (χ2v) is 6.89. The van der Waals surface area contributed by atoms with Gasteiger partial charge in [0.1, 0.15) is 17.1 Å². The predicted molar refractivity (Wildman–Crippen MR) is 89.9 cm³/mol. The van der Waals surface area contributed by atoms with Crippen molar-refractivity contribution in [2.24, 2.45) is 0 Å². The molecule has 1 unspecified atom stereocenters. The van der Waals surface area contributed by atoms with E-state index in [2.05, 4.69) is 5.32 Å². The molecule has 0 radical (unpaired) electrons. The van der Waals surface area contributed by atoms with E-state index in [9.17, 15) is 29.4 Å². The highest BCUT2D eigenvalue weighted by Crippen LogP contribution is 2.40. The Morgan fingerprint density at radius 3 is 2.81 bits per heavy atom. The average Bonchev–Trinajstić information content (AvgIpc) is 3.17. The lowest BCUT2D eigenvalue weighted by atomic mass is 10.0. The Labute approximate surface area is 157 Å². The molecule has 3 rings (SSSR count). The second-order valence-electron chi connectivity index (χ2n) is 5.78. The van der Waals surface area contributed by atoms with Crippen LogP contribution < -0.4 is 5.32 Å². The molecular weight excluding hydrogens is 380 g/mol. The summed E-state index contributed by atoms with van der Waals surface area (Å²) in [6.07, 6.45) is -0.148. The fourth-order valence-corrected chi connectivity index (χ4v) is 4.07. The van der Waals surface area contributed by atoms with Gasteiger partial charge in [0, 0.05) is 5.75 Å². The number of furan rings is 1. The molecule has 0 spiro atoms. The summed E-state index contributed by atoms with van der Waals surface area (Å²) < 4.78 is 9.58. The number of nitrogens with one attached hydrogen (secondary N) is 1. The Bertz CT molecular complexity index is 816. The molecular formula is C16H16N2O8S. The number of Topliss-reactive ketones (excluding diaryl/α,β-unsaturated/α-hetero) is 1. The van der Waals surface area contributed by atoms with Gasteiger partial charge < -0.3 is 24.7 Å². The topological polar surface area (TPSA) is 146 Å². The van der Waals surface area contributed by atoms with Crippen molar-refractivity contribution in [1.82, 2.24) is 10.2 Å². The summed E-state index contributed by atoms with van der Waals surface area (Å²) >= 11 is 1.22. The predicted octanol–water partition coefficient (Wildman–Crippen LogP) is -1.01. The molecule has 2 aliphatic rings. The summed E-state index contributed by atoms with van der Waals surface area (Å²) in [5, 5.41) is 20.4. The van der Waals surface area contributed by atoms with Crippen LogP contribution in [0, 0.1) is 0 Å². The van der Waals surface area contributed by atoms with Gasteiger partial charge in [-0.2, -0.15) is 0 Å². The highest BCUT2D eigenvalue weighted by atomic mass is 32.2. The molecule has 11 heteroatoms. The van der Waals surface area contributed by atoms with E-state index in [4.69, 9.17) is 9.15 Å². The number of hydrogen-bond donors (Lipinski definition) is 3. The molecule has 1 saturated heterocycles. The molecule has 1 aromatic heterocycles. The molecule has 2 aliphatic heterocycles. The lowest BCUT2D eigenvalue weighted by molar-refractivity contribution is -0.166. The molecule has 1 aromatic rings. The third kappa shape index (κ3) is 3.48. The van der Waals surface area contributed by atoms with Crippen LogP contribution in [0.3, 0.4) is 0 Å². The number of carbonyl (C=O) groups excluding carboxylic acids is 4. The molecule has 0 saturated carbocycles. The van der Waals surface area contributed by atoms with Crippen molar-refractivity contribution in [3.8, 4) is 0 Å². The first-order valence-electron chi connectivity index (χ1n) is 7.90. The molecule has 1 fully saturated rings.